The van der Waals surface area contributed by atoms with Gasteiger partial charge in [0, 0.05) is 30.1 Å². The Morgan fingerprint density at radius 2 is 1.19 bits per heavy atom. The van der Waals surface area contributed by atoms with Gasteiger partial charge in [0.25, 0.3) is 0 Å². The second-order valence-corrected chi connectivity index (χ2v) is 19.4. The predicted molar refractivity (Wildman–Crippen MR) is 288 cm³/mol. The molecular formula is C51H75N15O13. The van der Waals surface area contributed by atoms with E-state index in [1.54, 1.807) is 64.2 Å². The lowest BCUT2D eigenvalue weighted by Crippen LogP contribution is -2.61. The number of benzene rings is 2. The molecule has 0 radical (unpaired) electrons. The number of nitrogens with zero attached hydrogens (tertiary/aromatic N) is 1. The number of rotatable bonds is 33. The first-order valence-electron chi connectivity index (χ1n) is 25.5. The zero-order valence-corrected chi connectivity index (χ0v) is 44.8. The number of aliphatic carboxylic acids is 1. The topological polar surface area (TPSA) is 469 Å². The van der Waals surface area contributed by atoms with Crippen LogP contribution in [0.3, 0.4) is 0 Å². The molecule has 79 heavy (non-hydrogen) atoms. The van der Waals surface area contributed by atoms with Gasteiger partial charge < -0.3 is 86.0 Å². The number of carbonyl (C=O) groups is 11. The second kappa shape index (κ2) is 32.2. The molecule has 0 saturated heterocycles. The summed E-state index contributed by atoms with van der Waals surface area (Å²) in [6.07, 6.45) is 1.04. The molecule has 0 fully saturated rings. The molecule has 2 aromatic carbocycles. The number of guanidine groups is 1. The summed E-state index contributed by atoms with van der Waals surface area (Å²) in [5.74, 6) is -11.5. The number of para-hydroxylation sites is 1. The summed E-state index contributed by atoms with van der Waals surface area (Å²) in [6.45, 7) is 5.72. The van der Waals surface area contributed by atoms with Crippen molar-refractivity contribution < 1.29 is 63.0 Å². The number of aliphatic imine (C=N–C) groups is 1. The Kier molecular flexibility index (Phi) is 26.3. The van der Waals surface area contributed by atoms with Crippen molar-refractivity contribution in [2.24, 2.45) is 39.8 Å². The van der Waals surface area contributed by atoms with Crippen molar-refractivity contribution in [3.05, 3.63) is 71.9 Å². The summed E-state index contributed by atoms with van der Waals surface area (Å²) >= 11 is 0. The number of nitrogens with one attached hydrogen (secondary N) is 10. The first-order valence-corrected chi connectivity index (χ1v) is 25.5. The molecule has 0 aliphatic rings. The lowest BCUT2D eigenvalue weighted by atomic mass is 9.99. The summed E-state index contributed by atoms with van der Waals surface area (Å²) in [5.41, 5.74) is 24.7. The molecule has 1 aromatic heterocycles. The largest absolute Gasteiger partial charge is 0.480 e. The number of H-pyrrole nitrogens is 1. The lowest BCUT2D eigenvalue weighted by molar-refractivity contribution is -0.142. The van der Waals surface area contributed by atoms with E-state index in [1.807, 2.05) is 24.3 Å². The quantitative estimate of drug-likeness (QED) is 0.0156. The number of nitrogens with two attached hydrogens (primary N) is 4. The number of hydrogen-bond acceptors (Lipinski definition) is 14. The maximum atomic E-state index is 14.0. The lowest BCUT2D eigenvalue weighted by Gasteiger charge is -2.29. The number of amides is 10. The number of primary amides is 1. The number of hydrogen-bond donors (Lipinski definition) is 16. The van der Waals surface area contributed by atoms with Gasteiger partial charge in [0.1, 0.15) is 42.3 Å². The first-order chi connectivity index (χ1) is 37.3. The third-order valence-electron chi connectivity index (χ3n) is 12.0. The smallest absolute Gasteiger partial charge is 0.326 e. The minimum absolute atomic E-state index is 0.0112. The van der Waals surface area contributed by atoms with Crippen LogP contribution in [0, 0.1) is 11.8 Å². The van der Waals surface area contributed by atoms with E-state index < -0.39 is 145 Å². The van der Waals surface area contributed by atoms with E-state index in [1.165, 1.54) is 6.92 Å². The van der Waals surface area contributed by atoms with Crippen LogP contribution in [0.5, 0.6) is 0 Å². The van der Waals surface area contributed by atoms with Crippen LogP contribution in [0.25, 0.3) is 10.9 Å². The molecule has 28 heteroatoms. The number of aliphatic hydroxyl groups is 1. The van der Waals surface area contributed by atoms with Crippen LogP contribution in [0.1, 0.15) is 71.4 Å². The Labute approximate surface area is 455 Å². The summed E-state index contributed by atoms with van der Waals surface area (Å²) in [4.78, 5) is 151. The van der Waals surface area contributed by atoms with Crippen LogP contribution < -0.4 is 70.8 Å². The Balaban J connectivity index is 1.65. The number of aromatic nitrogens is 1. The summed E-state index contributed by atoms with van der Waals surface area (Å²) in [7, 11) is 0. The van der Waals surface area contributed by atoms with Gasteiger partial charge in [0.05, 0.1) is 32.2 Å². The van der Waals surface area contributed by atoms with Gasteiger partial charge >= 0.3 is 5.97 Å². The van der Waals surface area contributed by atoms with E-state index in [0.29, 0.717) is 5.56 Å². The number of aliphatic hydroxyl groups excluding tert-OH is 1. The van der Waals surface area contributed by atoms with Crippen molar-refractivity contribution in [1.82, 2.24) is 52.8 Å². The fraction of sp³-hybridized carbons (Fsp3) is 0.490. The van der Waals surface area contributed by atoms with Crippen LogP contribution in [0.15, 0.2) is 65.8 Å². The molecule has 0 unspecified atom stereocenters. The van der Waals surface area contributed by atoms with E-state index in [9.17, 15) is 63.0 Å². The Morgan fingerprint density at radius 1 is 0.608 bits per heavy atom. The summed E-state index contributed by atoms with van der Waals surface area (Å²) in [6, 6.07) is 4.80. The molecule has 20 N–H and O–H groups in total. The Bertz CT molecular complexity index is 2640. The molecule has 0 saturated carbocycles. The van der Waals surface area contributed by atoms with Crippen LogP contribution >= 0.6 is 0 Å². The zero-order chi connectivity index (χ0) is 58.9. The maximum Gasteiger partial charge on any atom is 0.326 e. The molecule has 0 aliphatic heterocycles. The molecule has 8 atom stereocenters. The molecule has 10 amide bonds. The Morgan fingerprint density at radius 3 is 1.81 bits per heavy atom. The molecule has 0 spiro atoms. The van der Waals surface area contributed by atoms with Gasteiger partial charge in [-0.05, 0) is 61.6 Å². The fourth-order valence-electron chi connectivity index (χ4n) is 7.82. The highest BCUT2D eigenvalue weighted by Crippen LogP contribution is 2.19. The van der Waals surface area contributed by atoms with Gasteiger partial charge in [-0.2, -0.15) is 0 Å². The van der Waals surface area contributed by atoms with Gasteiger partial charge in [-0.15, -0.1) is 0 Å². The van der Waals surface area contributed by atoms with Crippen molar-refractivity contribution in [2.75, 3.05) is 26.2 Å². The third kappa shape index (κ3) is 22.5. The number of carbonyl (C=O) groups excluding carboxylic acids is 10. The molecule has 1 heterocycles. The van der Waals surface area contributed by atoms with Crippen LogP contribution in [-0.4, -0.2) is 161 Å². The van der Waals surface area contributed by atoms with Crippen LogP contribution in [0.2, 0.25) is 0 Å². The SMILES string of the molecule is CC(C)C[C@H](NC(=O)[C@@H](NC(=O)[C@H](CC(N)=O)NC(=O)[C@H](CO)NC(=O)[C@@H](N)Cc1c[nH]c2ccccc12)C(C)C)C(=O)N[C@@H](CCCN=C(N)N)C(=O)NCC(=O)NCC(=O)N[C@@H](C)C(=O)N[C@@H](Cc1ccccc1)C(=O)O. The monoisotopic (exact) mass is 1110 g/mol. The van der Waals surface area contributed by atoms with E-state index in [0.717, 1.165) is 16.5 Å². The van der Waals surface area contributed by atoms with Crippen molar-refractivity contribution in [3.8, 4) is 0 Å². The fourth-order valence-corrected chi connectivity index (χ4v) is 7.82. The van der Waals surface area contributed by atoms with E-state index >= 15 is 0 Å². The second-order valence-electron chi connectivity index (χ2n) is 19.4. The van der Waals surface area contributed by atoms with Crippen molar-refractivity contribution >= 4 is 81.9 Å². The van der Waals surface area contributed by atoms with E-state index in [-0.39, 0.29) is 50.5 Å². The molecular weight excluding hydrogens is 1030 g/mol. The van der Waals surface area contributed by atoms with Crippen LogP contribution in [0.4, 0.5) is 0 Å². The number of carboxylic acid groups (broad SMARTS) is 1. The van der Waals surface area contributed by atoms with Crippen molar-refractivity contribution in [1.29, 1.82) is 0 Å². The number of carboxylic acids is 1. The first kappa shape index (κ1) is 64.6. The third-order valence-corrected chi connectivity index (χ3v) is 12.0. The average Bonchev–Trinajstić information content (AvgIpc) is 3.81. The van der Waals surface area contributed by atoms with Gasteiger partial charge in [0.2, 0.25) is 59.1 Å². The predicted octanol–water partition coefficient (Wildman–Crippen LogP) is -4.37. The average molecular weight is 1110 g/mol. The summed E-state index contributed by atoms with van der Waals surface area (Å²) in [5, 5.41) is 42.3. The molecule has 0 aliphatic carbocycles. The highest BCUT2D eigenvalue weighted by Gasteiger charge is 2.35. The van der Waals surface area contributed by atoms with Crippen LogP contribution in [-0.2, 0) is 65.6 Å². The van der Waals surface area contributed by atoms with Gasteiger partial charge in [-0.1, -0.05) is 76.2 Å². The van der Waals surface area contributed by atoms with Crippen molar-refractivity contribution in [3.63, 3.8) is 0 Å². The summed E-state index contributed by atoms with van der Waals surface area (Å²) < 4.78 is 0. The van der Waals surface area contributed by atoms with E-state index in [2.05, 4.69) is 57.8 Å². The molecule has 3 rings (SSSR count). The standard InChI is InChI=1S/C51H75N15O13/c1-26(2)18-35(63-49(77)42(27(3)4)66-47(75)36(21-39(53)68)62-48(76)38(25-67)65-44(72)32(52)20-30-22-57-33-15-10-9-14-31(30)33)46(74)61-34(16-11-17-56-51(54)55)45(73)59-23-40(69)58-24-41(70)60-28(5)43(71)64-37(50(78)79)19-29-12-7-6-8-13-29/h6-10,12-15,22,26-28,32,34-38,42,57,67H,11,16-21,23-25,52H2,1-5H3,(H2,53,68)(H,58,69)(H,59,73)(H,60,70)(H,61,74)(H,62,76)(H,63,77)(H,64,71)(H,65,72)(H,66,75)(H,78,79)(H4,54,55,56)/t28-,32-,34-,35-,36-,37-,38-,42-/m0/s1. The number of fused-ring (bicyclic) bond motifs is 1. The molecule has 0 bridgehead atoms. The highest BCUT2D eigenvalue weighted by molar-refractivity contribution is 5.99. The van der Waals surface area contributed by atoms with Crippen molar-refractivity contribution in [2.45, 2.75) is 121 Å². The Hall–Kier alpha value is -8.66. The van der Waals surface area contributed by atoms with Gasteiger partial charge in [0.15, 0.2) is 5.96 Å². The van der Waals surface area contributed by atoms with Gasteiger partial charge in [-0.25, -0.2) is 4.79 Å². The maximum absolute atomic E-state index is 14.0. The highest BCUT2D eigenvalue weighted by atomic mass is 16.4. The van der Waals surface area contributed by atoms with E-state index in [4.69, 9.17) is 22.9 Å². The zero-order valence-electron chi connectivity index (χ0n) is 44.8. The minimum atomic E-state index is -1.72. The number of aromatic amines is 1. The molecule has 28 nitrogen and oxygen atoms in total. The minimum Gasteiger partial charge on any atom is -0.480 e. The molecule has 3 aromatic rings. The van der Waals surface area contributed by atoms with Gasteiger partial charge in [-0.3, -0.25) is 52.9 Å². The molecule has 432 valence electrons. The normalized spacial score (nSPS) is 14.1.